The molecule has 5 atom stereocenters. The Labute approximate surface area is 140 Å². The first-order valence-corrected chi connectivity index (χ1v) is 7.98. The summed E-state index contributed by atoms with van der Waals surface area (Å²) in [6, 6.07) is 19.2. The molecule has 2 aliphatic heterocycles. The van der Waals surface area contributed by atoms with Crippen molar-refractivity contribution in [2.75, 3.05) is 6.61 Å². The van der Waals surface area contributed by atoms with Gasteiger partial charge in [0.2, 0.25) is 0 Å². The second-order valence-electron chi connectivity index (χ2n) is 5.83. The lowest BCUT2D eigenvalue weighted by Crippen LogP contribution is -2.54. The van der Waals surface area contributed by atoms with Gasteiger partial charge in [-0.2, -0.15) is 0 Å². The fourth-order valence-electron chi connectivity index (χ4n) is 3.03. The van der Waals surface area contributed by atoms with Crippen molar-refractivity contribution in [3.05, 3.63) is 71.8 Å². The monoisotopic (exact) mass is 326 g/mol. The number of ether oxygens (including phenoxy) is 4. The van der Waals surface area contributed by atoms with Gasteiger partial charge >= 0.3 is 0 Å². The molecule has 0 radical (unpaired) electrons. The van der Waals surface area contributed by atoms with Gasteiger partial charge in [-0.3, -0.25) is 0 Å². The number of hydrogen-bond donors (Lipinski definition) is 0. The first-order chi connectivity index (χ1) is 11.8. The minimum atomic E-state index is -0.691. The number of carbonyl (C=O) groups excluding carboxylic acids is 1. The van der Waals surface area contributed by atoms with Gasteiger partial charge in [0.15, 0.2) is 18.9 Å². The van der Waals surface area contributed by atoms with Crippen LogP contribution in [0, 0.1) is 0 Å². The molecule has 124 valence electrons. The summed E-state index contributed by atoms with van der Waals surface area (Å²) < 4.78 is 23.5. The van der Waals surface area contributed by atoms with Crippen molar-refractivity contribution in [3.63, 3.8) is 0 Å². The summed E-state index contributed by atoms with van der Waals surface area (Å²) in [6.45, 7) is 0.348. The van der Waals surface area contributed by atoms with Crippen LogP contribution in [0.2, 0.25) is 0 Å². The molecular weight excluding hydrogens is 308 g/mol. The molecular formula is C19H18O5. The lowest BCUT2D eigenvalue weighted by molar-refractivity contribution is -0.355. The van der Waals surface area contributed by atoms with Crippen molar-refractivity contribution in [1.82, 2.24) is 0 Å². The van der Waals surface area contributed by atoms with Crippen molar-refractivity contribution in [3.8, 4) is 0 Å². The molecule has 0 aliphatic carbocycles. The summed E-state index contributed by atoms with van der Waals surface area (Å²) in [6.07, 6.45) is -1.85. The van der Waals surface area contributed by atoms with Gasteiger partial charge in [0, 0.05) is 11.1 Å². The fraction of sp³-hybridized carbons (Fsp3) is 0.316. The Kier molecular flexibility index (Phi) is 4.40. The van der Waals surface area contributed by atoms with Crippen molar-refractivity contribution in [2.24, 2.45) is 0 Å². The van der Waals surface area contributed by atoms with Gasteiger partial charge in [0.05, 0.1) is 6.61 Å². The predicted molar refractivity (Wildman–Crippen MR) is 85.0 cm³/mol. The minimum absolute atomic E-state index is 0.348. The minimum Gasteiger partial charge on any atom is -0.346 e. The van der Waals surface area contributed by atoms with E-state index in [1.807, 2.05) is 60.7 Å². The van der Waals surface area contributed by atoms with E-state index in [2.05, 4.69) is 0 Å². The second kappa shape index (κ2) is 6.83. The molecule has 2 saturated heterocycles. The first-order valence-electron chi connectivity index (χ1n) is 7.98. The third kappa shape index (κ3) is 2.99. The van der Waals surface area contributed by atoms with Crippen molar-refractivity contribution in [1.29, 1.82) is 0 Å². The van der Waals surface area contributed by atoms with E-state index < -0.39 is 24.8 Å². The molecule has 2 aliphatic rings. The molecule has 24 heavy (non-hydrogen) atoms. The van der Waals surface area contributed by atoms with Gasteiger partial charge in [0.25, 0.3) is 0 Å². The van der Waals surface area contributed by atoms with Gasteiger partial charge in [-0.05, 0) is 0 Å². The smallest absolute Gasteiger partial charge is 0.185 e. The summed E-state index contributed by atoms with van der Waals surface area (Å²) in [5, 5.41) is 0. The second-order valence-corrected chi connectivity index (χ2v) is 5.83. The maximum Gasteiger partial charge on any atom is 0.185 e. The summed E-state index contributed by atoms with van der Waals surface area (Å²) in [5.41, 5.74) is 1.78. The Hall–Kier alpha value is -2.05. The van der Waals surface area contributed by atoms with Gasteiger partial charge in [0.1, 0.15) is 18.3 Å². The third-order valence-corrected chi connectivity index (χ3v) is 4.24. The van der Waals surface area contributed by atoms with Crippen molar-refractivity contribution < 1.29 is 23.7 Å². The average molecular weight is 326 g/mol. The summed E-state index contributed by atoms with van der Waals surface area (Å²) in [7, 11) is 0. The Morgan fingerprint density at radius 1 is 0.792 bits per heavy atom. The molecule has 0 amide bonds. The normalized spacial score (nSPS) is 32.8. The van der Waals surface area contributed by atoms with Crippen LogP contribution in [0.1, 0.15) is 23.7 Å². The first kappa shape index (κ1) is 15.5. The van der Waals surface area contributed by atoms with Crippen LogP contribution in [0.3, 0.4) is 0 Å². The molecule has 0 aromatic heterocycles. The van der Waals surface area contributed by atoms with Gasteiger partial charge < -0.3 is 23.7 Å². The zero-order valence-electron chi connectivity index (χ0n) is 13.0. The van der Waals surface area contributed by atoms with E-state index in [4.69, 9.17) is 18.9 Å². The SMILES string of the molecule is O=C[C@@H]1O[C@H](c2ccccc2)O[C@H]2CO[C@@H](c3ccccc3)O[C@@H]12. The lowest BCUT2D eigenvalue weighted by Gasteiger charge is -2.44. The third-order valence-electron chi connectivity index (χ3n) is 4.24. The molecule has 0 saturated carbocycles. The molecule has 5 heteroatoms. The van der Waals surface area contributed by atoms with E-state index in [1.54, 1.807) is 0 Å². The zero-order valence-corrected chi connectivity index (χ0v) is 13.0. The van der Waals surface area contributed by atoms with E-state index in [0.29, 0.717) is 6.61 Å². The summed E-state index contributed by atoms with van der Waals surface area (Å²) in [5.74, 6) is 0. The number of fused-ring (bicyclic) bond motifs is 1. The van der Waals surface area contributed by atoms with Gasteiger partial charge in [-0.25, -0.2) is 0 Å². The number of carbonyl (C=O) groups is 1. The average Bonchev–Trinajstić information content (AvgIpc) is 2.68. The zero-order chi connectivity index (χ0) is 16.4. The van der Waals surface area contributed by atoms with Crippen LogP contribution >= 0.6 is 0 Å². The summed E-state index contributed by atoms with van der Waals surface area (Å²) >= 11 is 0. The maximum absolute atomic E-state index is 11.5. The van der Waals surface area contributed by atoms with Crippen molar-refractivity contribution >= 4 is 6.29 Å². The van der Waals surface area contributed by atoms with E-state index in [9.17, 15) is 4.79 Å². The number of aldehydes is 1. The van der Waals surface area contributed by atoms with E-state index in [0.717, 1.165) is 17.4 Å². The number of rotatable bonds is 3. The molecule has 4 rings (SSSR count). The standard InChI is InChI=1S/C19H18O5/c20-11-15-17-16(23-19(22-15)14-9-5-2-6-10-14)12-21-18(24-17)13-7-3-1-4-8-13/h1-11,15-19H,12H2/t15-,16-,17-,18+,19-/m0/s1. The molecule has 2 heterocycles. The van der Waals surface area contributed by atoms with Crippen LogP contribution in [0.15, 0.2) is 60.7 Å². The topological polar surface area (TPSA) is 54.0 Å². The Bertz CT molecular complexity index is 675. The quantitative estimate of drug-likeness (QED) is 0.812. The highest BCUT2D eigenvalue weighted by molar-refractivity contribution is 5.57. The van der Waals surface area contributed by atoms with Crippen LogP contribution in [0.4, 0.5) is 0 Å². The highest BCUT2D eigenvalue weighted by Gasteiger charge is 2.45. The van der Waals surface area contributed by atoms with E-state index in [1.165, 1.54) is 0 Å². The Morgan fingerprint density at radius 3 is 2.04 bits per heavy atom. The van der Waals surface area contributed by atoms with Crippen LogP contribution in [-0.2, 0) is 23.7 Å². The highest BCUT2D eigenvalue weighted by Crippen LogP contribution is 2.37. The van der Waals surface area contributed by atoms with Gasteiger partial charge in [-0.1, -0.05) is 60.7 Å². The number of benzene rings is 2. The molecule has 2 aromatic carbocycles. The lowest BCUT2D eigenvalue weighted by atomic mass is 10.0. The summed E-state index contributed by atoms with van der Waals surface area (Å²) in [4.78, 5) is 11.5. The molecule has 0 N–H and O–H groups in total. The van der Waals surface area contributed by atoms with Crippen LogP contribution < -0.4 is 0 Å². The molecule has 2 fully saturated rings. The Morgan fingerprint density at radius 2 is 1.42 bits per heavy atom. The highest BCUT2D eigenvalue weighted by atomic mass is 16.8. The molecule has 0 unspecified atom stereocenters. The van der Waals surface area contributed by atoms with E-state index >= 15 is 0 Å². The van der Waals surface area contributed by atoms with Crippen LogP contribution in [0.5, 0.6) is 0 Å². The van der Waals surface area contributed by atoms with E-state index in [-0.39, 0.29) is 6.10 Å². The molecule has 5 nitrogen and oxygen atoms in total. The van der Waals surface area contributed by atoms with Crippen LogP contribution in [-0.4, -0.2) is 31.2 Å². The molecule has 2 aromatic rings. The maximum atomic E-state index is 11.5. The molecule has 0 bridgehead atoms. The number of hydrogen-bond acceptors (Lipinski definition) is 5. The molecule has 0 spiro atoms. The van der Waals surface area contributed by atoms with Crippen LogP contribution in [0.25, 0.3) is 0 Å². The predicted octanol–water partition coefficient (Wildman–Crippen LogP) is 2.78. The largest absolute Gasteiger partial charge is 0.346 e. The van der Waals surface area contributed by atoms with Crippen molar-refractivity contribution in [2.45, 2.75) is 30.9 Å². The fourth-order valence-corrected chi connectivity index (χ4v) is 3.03. The van der Waals surface area contributed by atoms with Gasteiger partial charge in [-0.15, -0.1) is 0 Å². The Balaban J connectivity index is 1.52.